The van der Waals surface area contributed by atoms with E-state index in [9.17, 15) is 9.90 Å². The maximum atomic E-state index is 11.6. The van der Waals surface area contributed by atoms with Gasteiger partial charge >= 0.3 is 5.97 Å². The lowest BCUT2D eigenvalue weighted by Crippen LogP contribution is -2.32. The smallest absolute Gasteiger partial charge is 0.326 e. The van der Waals surface area contributed by atoms with E-state index in [2.05, 4.69) is 43.4 Å². The Morgan fingerprint density at radius 2 is 1.65 bits per heavy atom. The molecule has 0 saturated carbocycles. The highest BCUT2D eigenvalue weighted by atomic mass is 32.2. The summed E-state index contributed by atoms with van der Waals surface area (Å²) in [6, 6.07) is 11.6. The molecule has 0 fully saturated rings. The van der Waals surface area contributed by atoms with Gasteiger partial charge in [-0.15, -0.1) is 11.8 Å². The number of carboxylic acids is 1. The summed E-state index contributed by atoms with van der Waals surface area (Å²) in [5, 5.41) is 12.7. The number of hydrogen-bond acceptors (Lipinski definition) is 3. The van der Waals surface area contributed by atoms with Crippen molar-refractivity contribution in [3.63, 3.8) is 0 Å². The van der Waals surface area contributed by atoms with Crippen molar-refractivity contribution in [1.29, 1.82) is 0 Å². The standard InChI is InChI=1S/C19H23NO2S/c1-12-5-7-16(14(3)9-12)20-17(19(21)22)11-23-18-8-6-13(2)10-15(18)4/h5-10,17,20H,11H2,1-4H3,(H,21,22). The van der Waals surface area contributed by atoms with Crippen molar-refractivity contribution < 1.29 is 9.90 Å². The topological polar surface area (TPSA) is 49.3 Å². The molecule has 4 heteroatoms. The second-order valence-corrected chi connectivity index (χ2v) is 7.00. The number of rotatable bonds is 6. The Labute approximate surface area is 142 Å². The molecule has 2 aromatic carbocycles. The van der Waals surface area contributed by atoms with Crippen LogP contribution in [0.3, 0.4) is 0 Å². The first-order chi connectivity index (χ1) is 10.9. The summed E-state index contributed by atoms with van der Waals surface area (Å²) in [6.07, 6.45) is 0. The Balaban J connectivity index is 2.08. The number of nitrogens with one attached hydrogen (secondary N) is 1. The van der Waals surface area contributed by atoms with Crippen molar-refractivity contribution in [2.75, 3.05) is 11.1 Å². The van der Waals surface area contributed by atoms with E-state index in [-0.39, 0.29) is 0 Å². The van der Waals surface area contributed by atoms with E-state index in [0.717, 1.165) is 16.1 Å². The molecule has 0 bridgehead atoms. The second-order valence-electron chi connectivity index (χ2n) is 5.93. The predicted octanol–water partition coefficient (Wildman–Crippen LogP) is 4.58. The van der Waals surface area contributed by atoms with Gasteiger partial charge in [0.2, 0.25) is 0 Å². The first-order valence-corrected chi connectivity index (χ1v) is 8.62. The van der Waals surface area contributed by atoms with Gasteiger partial charge in [-0.25, -0.2) is 4.79 Å². The van der Waals surface area contributed by atoms with Gasteiger partial charge in [0, 0.05) is 16.3 Å². The molecule has 2 N–H and O–H groups in total. The summed E-state index contributed by atoms with van der Waals surface area (Å²) in [4.78, 5) is 12.7. The molecule has 0 aliphatic heterocycles. The first-order valence-electron chi connectivity index (χ1n) is 7.63. The van der Waals surface area contributed by atoms with Crippen molar-refractivity contribution in [3.8, 4) is 0 Å². The Bertz CT molecular complexity index is 713. The molecule has 23 heavy (non-hydrogen) atoms. The Morgan fingerprint density at radius 1 is 1.04 bits per heavy atom. The monoisotopic (exact) mass is 329 g/mol. The van der Waals surface area contributed by atoms with E-state index in [4.69, 9.17) is 0 Å². The van der Waals surface area contributed by atoms with Crippen molar-refractivity contribution >= 4 is 23.4 Å². The molecule has 0 aliphatic carbocycles. The lowest BCUT2D eigenvalue weighted by atomic mass is 10.1. The predicted molar refractivity (Wildman–Crippen MR) is 97.6 cm³/mol. The van der Waals surface area contributed by atoms with Crippen LogP contribution in [0.5, 0.6) is 0 Å². The van der Waals surface area contributed by atoms with E-state index < -0.39 is 12.0 Å². The molecule has 122 valence electrons. The number of carbonyl (C=O) groups is 1. The van der Waals surface area contributed by atoms with E-state index in [1.54, 1.807) is 11.8 Å². The van der Waals surface area contributed by atoms with Crippen LogP contribution >= 0.6 is 11.8 Å². The molecule has 0 spiro atoms. The van der Waals surface area contributed by atoms with E-state index in [1.165, 1.54) is 16.7 Å². The summed E-state index contributed by atoms with van der Waals surface area (Å²) in [7, 11) is 0. The minimum Gasteiger partial charge on any atom is -0.480 e. The minimum atomic E-state index is -0.831. The fourth-order valence-electron chi connectivity index (χ4n) is 2.47. The third kappa shape index (κ3) is 4.76. The summed E-state index contributed by atoms with van der Waals surface area (Å²) in [6.45, 7) is 8.14. The van der Waals surface area contributed by atoms with Crippen LogP contribution in [0.4, 0.5) is 5.69 Å². The van der Waals surface area contributed by atoms with Crippen LogP contribution in [0.2, 0.25) is 0 Å². The van der Waals surface area contributed by atoms with Crippen LogP contribution in [-0.2, 0) is 4.79 Å². The molecule has 2 rings (SSSR count). The van der Waals surface area contributed by atoms with Gasteiger partial charge in [0.15, 0.2) is 0 Å². The molecule has 0 saturated heterocycles. The van der Waals surface area contributed by atoms with E-state index in [0.29, 0.717) is 5.75 Å². The summed E-state index contributed by atoms with van der Waals surface area (Å²) >= 11 is 1.58. The quantitative estimate of drug-likeness (QED) is 0.762. The summed E-state index contributed by atoms with van der Waals surface area (Å²) < 4.78 is 0. The molecular weight excluding hydrogens is 306 g/mol. The largest absolute Gasteiger partial charge is 0.480 e. The van der Waals surface area contributed by atoms with Crippen LogP contribution in [0.25, 0.3) is 0 Å². The molecule has 0 radical (unpaired) electrons. The zero-order chi connectivity index (χ0) is 17.0. The minimum absolute atomic E-state index is 0.479. The third-order valence-electron chi connectivity index (χ3n) is 3.75. The average molecular weight is 329 g/mol. The Morgan fingerprint density at radius 3 is 2.22 bits per heavy atom. The molecule has 3 nitrogen and oxygen atoms in total. The van der Waals surface area contributed by atoms with Crippen LogP contribution in [-0.4, -0.2) is 22.9 Å². The zero-order valence-electron chi connectivity index (χ0n) is 14.0. The Kier molecular flexibility index (Phi) is 5.72. The van der Waals surface area contributed by atoms with Crippen molar-refractivity contribution in [1.82, 2.24) is 0 Å². The fourth-order valence-corrected chi connectivity index (χ4v) is 3.50. The average Bonchev–Trinajstić information content (AvgIpc) is 2.46. The second kappa shape index (κ2) is 7.55. The molecule has 2 aromatic rings. The number of aliphatic carboxylic acids is 1. The Hall–Kier alpha value is -1.94. The number of benzene rings is 2. The number of thioether (sulfide) groups is 1. The number of aryl methyl sites for hydroxylation is 4. The first kappa shape index (κ1) is 17.4. The number of carboxylic acid groups (broad SMARTS) is 1. The SMILES string of the molecule is Cc1ccc(NC(CSc2ccc(C)cc2C)C(=O)O)c(C)c1. The van der Waals surface area contributed by atoms with Gasteiger partial charge in [0.25, 0.3) is 0 Å². The maximum absolute atomic E-state index is 11.6. The summed E-state index contributed by atoms with van der Waals surface area (Å²) in [5.74, 6) is -0.353. The molecular formula is C19H23NO2S. The molecule has 0 heterocycles. The van der Waals surface area contributed by atoms with Gasteiger partial charge in [0.05, 0.1) is 0 Å². The molecule has 0 amide bonds. The third-order valence-corrected chi connectivity index (χ3v) is 5.01. The molecule has 0 aliphatic rings. The van der Waals surface area contributed by atoms with Crippen molar-refractivity contribution in [2.45, 2.75) is 38.6 Å². The van der Waals surface area contributed by atoms with E-state index in [1.807, 2.05) is 26.0 Å². The lowest BCUT2D eigenvalue weighted by Gasteiger charge is -2.18. The van der Waals surface area contributed by atoms with Crippen LogP contribution < -0.4 is 5.32 Å². The van der Waals surface area contributed by atoms with Gasteiger partial charge in [-0.05, 0) is 51.0 Å². The van der Waals surface area contributed by atoms with Crippen molar-refractivity contribution in [2.24, 2.45) is 0 Å². The van der Waals surface area contributed by atoms with Crippen LogP contribution in [0, 0.1) is 27.7 Å². The van der Waals surface area contributed by atoms with Gasteiger partial charge in [0.1, 0.15) is 6.04 Å². The molecule has 1 unspecified atom stereocenters. The van der Waals surface area contributed by atoms with E-state index >= 15 is 0 Å². The molecule has 1 atom stereocenters. The maximum Gasteiger partial charge on any atom is 0.326 e. The van der Waals surface area contributed by atoms with Crippen LogP contribution in [0.15, 0.2) is 41.3 Å². The number of anilines is 1. The van der Waals surface area contributed by atoms with Gasteiger partial charge in [-0.3, -0.25) is 0 Å². The number of hydrogen-bond donors (Lipinski definition) is 2. The van der Waals surface area contributed by atoms with Gasteiger partial charge in [-0.1, -0.05) is 35.4 Å². The van der Waals surface area contributed by atoms with Gasteiger partial charge in [-0.2, -0.15) is 0 Å². The molecule has 0 aromatic heterocycles. The van der Waals surface area contributed by atoms with Gasteiger partial charge < -0.3 is 10.4 Å². The highest BCUT2D eigenvalue weighted by molar-refractivity contribution is 7.99. The normalized spacial score (nSPS) is 12.0. The lowest BCUT2D eigenvalue weighted by molar-refractivity contribution is -0.137. The van der Waals surface area contributed by atoms with Crippen molar-refractivity contribution in [3.05, 3.63) is 58.7 Å². The zero-order valence-corrected chi connectivity index (χ0v) is 14.8. The van der Waals surface area contributed by atoms with Crippen LogP contribution in [0.1, 0.15) is 22.3 Å². The highest BCUT2D eigenvalue weighted by Gasteiger charge is 2.18. The summed E-state index contributed by atoms with van der Waals surface area (Å²) in [5.41, 5.74) is 5.52. The fraction of sp³-hybridized carbons (Fsp3) is 0.316. The highest BCUT2D eigenvalue weighted by Crippen LogP contribution is 2.25.